The Morgan fingerprint density at radius 2 is 1.16 bits per heavy atom. The van der Waals surface area contributed by atoms with Crippen molar-refractivity contribution in [1.82, 2.24) is 0 Å². The van der Waals surface area contributed by atoms with Crippen LogP contribution in [0.3, 0.4) is 0 Å². The first-order valence-corrected chi connectivity index (χ1v) is 13.0. The lowest BCUT2D eigenvalue weighted by Gasteiger charge is -2.45. The van der Waals surface area contributed by atoms with E-state index in [2.05, 4.69) is 29.6 Å². The molecule has 0 saturated carbocycles. The number of rotatable bonds is 3. The lowest BCUT2D eigenvalue weighted by Crippen LogP contribution is -2.41. The molecule has 1 aliphatic heterocycles. The Labute approximate surface area is 221 Å². The molecule has 38 heavy (non-hydrogen) atoms. The molecule has 1 saturated heterocycles. The van der Waals surface area contributed by atoms with Crippen LogP contribution in [0.4, 0.5) is 11.4 Å². The van der Waals surface area contributed by atoms with E-state index in [4.69, 9.17) is 0 Å². The summed E-state index contributed by atoms with van der Waals surface area (Å²) in [5.74, 6) is -1.69. The maximum atomic E-state index is 13.9. The van der Waals surface area contributed by atoms with Gasteiger partial charge in [-0.05, 0) is 83.6 Å². The van der Waals surface area contributed by atoms with Crippen molar-refractivity contribution in [1.29, 1.82) is 0 Å². The lowest BCUT2D eigenvalue weighted by molar-refractivity contribution is -0.122. The number of hydrogen-bond acceptors (Lipinski definition) is 3. The molecule has 1 fully saturated rings. The van der Waals surface area contributed by atoms with Gasteiger partial charge in [-0.25, -0.2) is 4.90 Å². The molecule has 4 aliphatic rings. The molecular formula is C33H26N2O3. The zero-order valence-electron chi connectivity index (χ0n) is 21.1. The highest BCUT2D eigenvalue weighted by Gasteiger charge is 2.61. The molecule has 0 unspecified atom stereocenters. The number of hydrogen-bond donors (Lipinski definition) is 1. The number of carbonyl (C=O) groups excluding carboxylic acids is 3. The highest BCUT2D eigenvalue weighted by Crippen LogP contribution is 2.61. The average molecular weight is 499 g/mol. The zero-order valence-corrected chi connectivity index (χ0v) is 21.1. The van der Waals surface area contributed by atoms with Crippen LogP contribution in [0.5, 0.6) is 0 Å². The number of anilines is 2. The van der Waals surface area contributed by atoms with Crippen molar-refractivity contribution < 1.29 is 14.4 Å². The van der Waals surface area contributed by atoms with Crippen LogP contribution in [0, 0.1) is 25.7 Å². The first-order chi connectivity index (χ1) is 18.4. The summed E-state index contributed by atoms with van der Waals surface area (Å²) in [7, 11) is 0. The Kier molecular flexibility index (Phi) is 4.92. The number of nitrogens with zero attached hydrogens (tertiary/aromatic N) is 1. The third-order valence-electron chi connectivity index (χ3n) is 8.60. The summed E-state index contributed by atoms with van der Waals surface area (Å²) >= 11 is 0. The van der Waals surface area contributed by atoms with Gasteiger partial charge >= 0.3 is 0 Å². The first kappa shape index (κ1) is 22.7. The van der Waals surface area contributed by atoms with Crippen LogP contribution < -0.4 is 10.2 Å². The zero-order chi connectivity index (χ0) is 26.1. The fourth-order valence-corrected chi connectivity index (χ4v) is 6.72. The maximum Gasteiger partial charge on any atom is 0.255 e. The summed E-state index contributed by atoms with van der Waals surface area (Å²) in [6.45, 7) is 4.03. The van der Waals surface area contributed by atoms with E-state index in [-0.39, 0.29) is 29.6 Å². The van der Waals surface area contributed by atoms with E-state index >= 15 is 0 Å². The minimum Gasteiger partial charge on any atom is -0.322 e. The second-order valence-corrected chi connectivity index (χ2v) is 10.6. The number of benzene rings is 4. The summed E-state index contributed by atoms with van der Waals surface area (Å²) in [5.41, 5.74) is 8.56. The number of amides is 3. The molecule has 4 aromatic rings. The van der Waals surface area contributed by atoms with E-state index in [0.717, 1.165) is 39.1 Å². The molecule has 5 heteroatoms. The van der Waals surface area contributed by atoms with Gasteiger partial charge in [-0.1, -0.05) is 54.6 Å². The predicted octanol–water partition coefficient (Wildman–Crippen LogP) is 5.95. The fourth-order valence-electron chi connectivity index (χ4n) is 6.72. The molecule has 1 N–H and O–H groups in total. The molecule has 0 aromatic heterocycles. The Morgan fingerprint density at radius 3 is 1.63 bits per heavy atom. The van der Waals surface area contributed by atoms with Gasteiger partial charge in [-0.2, -0.15) is 0 Å². The van der Waals surface area contributed by atoms with Gasteiger partial charge in [-0.3, -0.25) is 14.4 Å². The number of aryl methyl sites for hydroxylation is 2. The van der Waals surface area contributed by atoms with Crippen LogP contribution in [-0.2, 0) is 9.59 Å². The average Bonchev–Trinajstić information content (AvgIpc) is 3.21. The summed E-state index contributed by atoms with van der Waals surface area (Å²) in [6.07, 6.45) is 0. The predicted molar refractivity (Wildman–Crippen MR) is 146 cm³/mol. The van der Waals surface area contributed by atoms with Crippen molar-refractivity contribution in [2.24, 2.45) is 11.8 Å². The number of imide groups is 1. The highest BCUT2D eigenvalue weighted by atomic mass is 16.2. The van der Waals surface area contributed by atoms with Crippen molar-refractivity contribution in [3.05, 3.63) is 130 Å². The summed E-state index contributed by atoms with van der Waals surface area (Å²) in [6, 6.07) is 29.0. The fraction of sp³-hybridized carbons (Fsp3) is 0.182. The molecule has 5 nitrogen and oxygen atoms in total. The molecule has 0 radical (unpaired) electrons. The van der Waals surface area contributed by atoms with Crippen molar-refractivity contribution >= 4 is 29.1 Å². The summed E-state index contributed by atoms with van der Waals surface area (Å²) in [5, 5.41) is 2.93. The number of nitrogens with one attached hydrogen (secondary N) is 1. The molecule has 2 atom stereocenters. The van der Waals surface area contributed by atoms with E-state index in [1.54, 1.807) is 24.3 Å². The molecule has 3 amide bonds. The van der Waals surface area contributed by atoms with Crippen molar-refractivity contribution in [3.8, 4) is 0 Å². The van der Waals surface area contributed by atoms with Gasteiger partial charge in [0.2, 0.25) is 11.8 Å². The molecule has 1 heterocycles. The van der Waals surface area contributed by atoms with Gasteiger partial charge in [-0.15, -0.1) is 0 Å². The smallest absolute Gasteiger partial charge is 0.255 e. The van der Waals surface area contributed by atoms with Gasteiger partial charge < -0.3 is 5.32 Å². The molecule has 0 spiro atoms. The monoisotopic (exact) mass is 498 g/mol. The molecule has 8 rings (SSSR count). The topological polar surface area (TPSA) is 66.5 Å². The highest BCUT2D eigenvalue weighted by molar-refractivity contribution is 6.23. The molecule has 4 aromatic carbocycles. The van der Waals surface area contributed by atoms with Crippen LogP contribution in [0.15, 0.2) is 91.0 Å². The van der Waals surface area contributed by atoms with Gasteiger partial charge in [0, 0.05) is 23.1 Å². The quantitative estimate of drug-likeness (QED) is 0.355. The van der Waals surface area contributed by atoms with Crippen LogP contribution in [0.25, 0.3) is 0 Å². The minimum absolute atomic E-state index is 0.137. The van der Waals surface area contributed by atoms with E-state index in [0.29, 0.717) is 11.3 Å². The lowest BCUT2D eigenvalue weighted by atomic mass is 9.55. The maximum absolute atomic E-state index is 13.9. The van der Waals surface area contributed by atoms with Gasteiger partial charge in [0.1, 0.15) is 0 Å². The van der Waals surface area contributed by atoms with Gasteiger partial charge in [0.15, 0.2) is 0 Å². The number of carbonyl (C=O) groups is 3. The summed E-state index contributed by atoms with van der Waals surface area (Å²) in [4.78, 5) is 42.0. The second kappa shape index (κ2) is 8.25. The molecular weight excluding hydrogens is 472 g/mol. The first-order valence-electron chi connectivity index (χ1n) is 13.0. The van der Waals surface area contributed by atoms with E-state index in [1.165, 1.54) is 4.90 Å². The Morgan fingerprint density at radius 1 is 0.658 bits per heavy atom. The summed E-state index contributed by atoms with van der Waals surface area (Å²) < 4.78 is 0. The third-order valence-corrected chi connectivity index (χ3v) is 8.60. The Balaban J connectivity index is 1.20. The van der Waals surface area contributed by atoms with Crippen molar-refractivity contribution in [2.75, 3.05) is 10.2 Å². The van der Waals surface area contributed by atoms with Crippen LogP contribution >= 0.6 is 0 Å². The van der Waals surface area contributed by atoms with E-state index in [1.807, 2.05) is 56.3 Å². The van der Waals surface area contributed by atoms with Gasteiger partial charge in [0.25, 0.3) is 5.91 Å². The standard InChI is InChI=1S/C33H26N2O3/c1-18-11-14-21(17-19(18)2)34-31(36)20-12-15-22(16-13-20)35-32(37)29-27-23-7-3-4-8-24(23)28(30(29)33(35)38)26-10-6-5-9-25(26)27/h3-17,27-30H,1-2H3,(H,34,36)/t27?,28?,29-,30-/m1/s1. The third kappa shape index (κ3) is 3.14. The second-order valence-electron chi connectivity index (χ2n) is 10.6. The Bertz CT molecular complexity index is 1540. The molecule has 3 aliphatic carbocycles. The van der Waals surface area contributed by atoms with Crippen LogP contribution in [0.1, 0.15) is 55.6 Å². The van der Waals surface area contributed by atoms with Crippen molar-refractivity contribution in [3.63, 3.8) is 0 Å². The largest absolute Gasteiger partial charge is 0.322 e. The van der Waals surface area contributed by atoms with E-state index < -0.39 is 11.8 Å². The van der Waals surface area contributed by atoms with Gasteiger partial charge in [0.05, 0.1) is 17.5 Å². The van der Waals surface area contributed by atoms with Crippen LogP contribution in [0.2, 0.25) is 0 Å². The van der Waals surface area contributed by atoms with E-state index in [9.17, 15) is 14.4 Å². The van der Waals surface area contributed by atoms with Crippen LogP contribution in [-0.4, -0.2) is 17.7 Å². The Hall–Kier alpha value is -4.51. The SMILES string of the molecule is Cc1ccc(NC(=O)c2ccc(N3C(=O)[C@@H]4C5c6ccccc6C(c6ccccc65)[C@H]4C3=O)cc2)cc1C. The molecule has 2 bridgehead atoms. The normalized spacial score (nSPS) is 22.6. The minimum atomic E-state index is -0.426. The molecule has 186 valence electrons. The van der Waals surface area contributed by atoms with Crippen molar-refractivity contribution in [2.45, 2.75) is 25.7 Å².